The van der Waals surface area contributed by atoms with Crippen LogP contribution in [0.1, 0.15) is 48.8 Å². The summed E-state index contributed by atoms with van der Waals surface area (Å²) in [5.41, 5.74) is 3.85. The number of aryl methyl sites for hydroxylation is 2. The van der Waals surface area contributed by atoms with E-state index >= 15 is 0 Å². The molecule has 0 bridgehead atoms. The summed E-state index contributed by atoms with van der Waals surface area (Å²) in [7, 11) is 1.66. The molecule has 1 fully saturated rings. The number of likely N-dealkylation sites (tertiary alicyclic amines) is 1. The second-order valence-electron chi connectivity index (χ2n) is 11.1. The number of halogens is 1. The van der Waals surface area contributed by atoms with E-state index in [1.165, 1.54) is 5.56 Å². The molecule has 0 amide bonds. The van der Waals surface area contributed by atoms with Crippen LogP contribution in [0.2, 0.25) is 5.02 Å². The quantitative estimate of drug-likeness (QED) is 0.163. The molecular formula is C35H39ClN2O3. The molecule has 1 aliphatic rings. The molecule has 3 aromatic carbocycles. The summed E-state index contributed by atoms with van der Waals surface area (Å²) in [5.74, 6) is 0.709. The zero-order chi connectivity index (χ0) is 28.5. The van der Waals surface area contributed by atoms with Crippen molar-refractivity contribution in [3.05, 3.63) is 107 Å². The van der Waals surface area contributed by atoms with Gasteiger partial charge in [0.25, 0.3) is 0 Å². The van der Waals surface area contributed by atoms with E-state index in [0.29, 0.717) is 11.6 Å². The molecule has 1 saturated heterocycles. The molecule has 41 heavy (non-hydrogen) atoms. The monoisotopic (exact) mass is 570 g/mol. The van der Waals surface area contributed by atoms with Crippen molar-refractivity contribution < 1.29 is 14.3 Å². The number of pyridine rings is 1. The molecular weight excluding hydrogens is 532 g/mol. The highest BCUT2D eigenvalue weighted by molar-refractivity contribution is 6.32. The average molecular weight is 571 g/mol. The van der Waals surface area contributed by atoms with Crippen LogP contribution in [-0.2, 0) is 29.0 Å². The molecule has 2 heterocycles. The van der Waals surface area contributed by atoms with Gasteiger partial charge in [-0.25, -0.2) is 0 Å². The van der Waals surface area contributed by atoms with Crippen molar-refractivity contribution in [3.63, 3.8) is 0 Å². The first kappa shape index (κ1) is 29.1. The van der Waals surface area contributed by atoms with E-state index in [9.17, 15) is 4.79 Å². The lowest BCUT2D eigenvalue weighted by atomic mass is 9.74. The number of carbonyl (C=O) groups excluding carboxylic acids is 1. The molecule has 0 spiro atoms. The highest BCUT2D eigenvalue weighted by atomic mass is 35.5. The summed E-state index contributed by atoms with van der Waals surface area (Å²) in [4.78, 5) is 20.7. The maximum atomic E-state index is 13.7. The first-order chi connectivity index (χ1) is 20.1. The predicted octanol–water partition coefficient (Wildman–Crippen LogP) is 7.68. The summed E-state index contributed by atoms with van der Waals surface area (Å²) < 4.78 is 11.4. The second kappa shape index (κ2) is 14.0. The lowest BCUT2D eigenvalue weighted by Gasteiger charge is -2.40. The van der Waals surface area contributed by atoms with Gasteiger partial charge in [-0.15, -0.1) is 0 Å². The number of hydrogen-bond acceptors (Lipinski definition) is 5. The molecule has 5 rings (SSSR count). The van der Waals surface area contributed by atoms with Crippen LogP contribution in [0.15, 0.2) is 85.1 Å². The molecule has 0 aliphatic carbocycles. The fraction of sp³-hybridized carbons (Fsp3) is 0.371. The smallest absolute Gasteiger partial charge is 0.312 e. The van der Waals surface area contributed by atoms with Gasteiger partial charge >= 0.3 is 5.97 Å². The summed E-state index contributed by atoms with van der Waals surface area (Å²) in [6.45, 7) is 3.17. The van der Waals surface area contributed by atoms with Crippen LogP contribution >= 0.6 is 11.6 Å². The Bertz CT molecular complexity index is 1420. The highest BCUT2D eigenvalue weighted by Gasteiger charge is 2.42. The number of benzene rings is 3. The van der Waals surface area contributed by atoms with Crippen molar-refractivity contribution >= 4 is 28.5 Å². The Hall–Kier alpha value is -3.41. The fourth-order valence-electron chi connectivity index (χ4n) is 5.98. The van der Waals surface area contributed by atoms with Crippen LogP contribution in [0.4, 0.5) is 0 Å². The number of piperidine rings is 1. The molecule has 214 valence electrons. The Labute approximate surface area is 248 Å². The number of hydrogen-bond donors (Lipinski definition) is 0. The predicted molar refractivity (Wildman–Crippen MR) is 165 cm³/mol. The van der Waals surface area contributed by atoms with Crippen molar-refractivity contribution in [1.82, 2.24) is 9.88 Å². The number of nitrogens with zero attached hydrogens (tertiary/aromatic N) is 2. The van der Waals surface area contributed by atoms with Crippen LogP contribution in [0.25, 0.3) is 10.9 Å². The van der Waals surface area contributed by atoms with Gasteiger partial charge in [0, 0.05) is 11.6 Å². The van der Waals surface area contributed by atoms with Crippen LogP contribution in [-0.4, -0.2) is 42.6 Å². The van der Waals surface area contributed by atoms with Gasteiger partial charge in [-0.05, 0) is 99.5 Å². The Balaban J connectivity index is 1.25. The molecule has 4 aromatic rings. The number of carbonyl (C=O) groups is 1. The molecule has 1 aromatic heterocycles. The maximum Gasteiger partial charge on any atom is 0.312 e. The summed E-state index contributed by atoms with van der Waals surface area (Å²) in [6, 6.07) is 26.5. The number of ether oxygens (including phenoxy) is 2. The maximum absolute atomic E-state index is 13.7. The third-order valence-electron chi connectivity index (χ3n) is 8.46. The topological polar surface area (TPSA) is 51.7 Å². The number of rotatable bonds is 12. The molecule has 0 radical (unpaired) electrons. The first-order valence-corrected chi connectivity index (χ1v) is 15.0. The summed E-state index contributed by atoms with van der Waals surface area (Å²) in [6.07, 6.45) is 7.91. The Morgan fingerprint density at radius 3 is 2.34 bits per heavy atom. The standard InChI is InChI=1S/C35H39ClN2O3/c1-40-29-16-17-33-31(24-29)30(32(36)25-37-33)15-8-18-35(34(39)41-26-28-12-6-3-7-13-28)19-22-38(23-20-35)21-9-14-27-10-4-2-5-11-27/h2-7,10-13,16-17,24-25H,8-9,14-15,18-23,26H2,1H3. The minimum Gasteiger partial charge on any atom is -0.497 e. The molecule has 1 aliphatic heterocycles. The molecule has 0 unspecified atom stereocenters. The SMILES string of the molecule is COc1ccc2ncc(Cl)c(CCCC3(C(=O)OCc4ccccc4)CCN(CCCc4ccccc4)CC3)c2c1. The zero-order valence-corrected chi connectivity index (χ0v) is 24.6. The average Bonchev–Trinajstić information content (AvgIpc) is 3.02. The van der Waals surface area contributed by atoms with E-state index in [1.54, 1.807) is 13.3 Å². The number of methoxy groups -OCH3 is 1. The first-order valence-electron chi connectivity index (χ1n) is 14.6. The van der Waals surface area contributed by atoms with Crippen LogP contribution in [0, 0.1) is 5.41 Å². The molecule has 5 nitrogen and oxygen atoms in total. The van der Waals surface area contributed by atoms with E-state index in [1.807, 2.05) is 48.5 Å². The van der Waals surface area contributed by atoms with E-state index in [2.05, 4.69) is 40.2 Å². The van der Waals surface area contributed by atoms with Gasteiger partial charge in [-0.2, -0.15) is 0 Å². The molecule has 0 saturated carbocycles. The van der Waals surface area contributed by atoms with Crippen molar-refractivity contribution in [2.45, 2.75) is 51.6 Å². The van der Waals surface area contributed by atoms with E-state index in [0.717, 1.165) is 92.4 Å². The minimum atomic E-state index is -0.488. The van der Waals surface area contributed by atoms with Gasteiger partial charge in [0.15, 0.2) is 0 Å². The zero-order valence-electron chi connectivity index (χ0n) is 23.9. The minimum absolute atomic E-state index is 0.0716. The van der Waals surface area contributed by atoms with E-state index in [4.69, 9.17) is 21.1 Å². The third-order valence-corrected chi connectivity index (χ3v) is 8.78. The van der Waals surface area contributed by atoms with Crippen LogP contribution in [0.5, 0.6) is 5.75 Å². The Morgan fingerprint density at radius 2 is 1.63 bits per heavy atom. The summed E-state index contributed by atoms with van der Waals surface area (Å²) >= 11 is 6.65. The van der Waals surface area contributed by atoms with Crippen molar-refractivity contribution in [2.24, 2.45) is 5.41 Å². The second-order valence-corrected chi connectivity index (χ2v) is 11.5. The van der Waals surface area contributed by atoms with Crippen molar-refractivity contribution in [3.8, 4) is 5.75 Å². The Kier molecular flexibility index (Phi) is 9.92. The van der Waals surface area contributed by atoms with Gasteiger partial charge in [-0.1, -0.05) is 72.3 Å². The molecule has 0 N–H and O–H groups in total. The fourth-order valence-corrected chi connectivity index (χ4v) is 6.22. The van der Waals surface area contributed by atoms with Gasteiger partial charge in [0.1, 0.15) is 12.4 Å². The number of aromatic nitrogens is 1. The van der Waals surface area contributed by atoms with E-state index < -0.39 is 5.41 Å². The van der Waals surface area contributed by atoms with Crippen LogP contribution in [0.3, 0.4) is 0 Å². The van der Waals surface area contributed by atoms with Gasteiger partial charge in [0.05, 0.1) is 23.1 Å². The van der Waals surface area contributed by atoms with E-state index in [-0.39, 0.29) is 5.97 Å². The van der Waals surface area contributed by atoms with Gasteiger partial charge < -0.3 is 14.4 Å². The van der Waals surface area contributed by atoms with Gasteiger partial charge in [0.2, 0.25) is 0 Å². The highest BCUT2D eigenvalue weighted by Crippen LogP contribution is 2.39. The molecule has 6 heteroatoms. The van der Waals surface area contributed by atoms with Crippen LogP contribution < -0.4 is 4.74 Å². The number of fused-ring (bicyclic) bond motifs is 1. The lowest BCUT2D eigenvalue weighted by Crippen LogP contribution is -2.45. The Morgan fingerprint density at radius 1 is 0.927 bits per heavy atom. The van der Waals surface area contributed by atoms with Gasteiger partial charge in [-0.3, -0.25) is 9.78 Å². The number of esters is 1. The summed E-state index contributed by atoms with van der Waals surface area (Å²) in [5, 5.41) is 1.66. The largest absolute Gasteiger partial charge is 0.497 e. The normalized spacial score (nSPS) is 15.1. The lowest BCUT2D eigenvalue weighted by molar-refractivity contribution is -0.161. The third kappa shape index (κ3) is 7.46. The van der Waals surface area contributed by atoms with Crippen molar-refractivity contribution in [2.75, 3.05) is 26.7 Å². The molecule has 0 atom stereocenters. The van der Waals surface area contributed by atoms with Crippen molar-refractivity contribution in [1.29, 1.82) is 0 Å².